The minimum atomic E-state index is 0.608. The Kier molecular flexibility index (Phi) is 4.32. The largest absolute Gasteiger partial charge is 0.436 e. The first-order valence-corrected chi connectivity index (χ1v) is 7.55. The summed E-state index contributed by atoms with van der Waals surface area (Å²) in [5, 5.41) is 4.08. The van der Waals surface area contributed by atoms with E-state index in [-0.39, 0.29) is 0 Å². The minimum Gasteiger partial charge on any atom is -0.436 e. The summed E-state index contributed by atoms with van der Waals surface area (Å²) in [6.07, 6.45) is 0. The number of aromatic nitrogens is 1. The second-order valence-corrected chi connectivity index (χ2v) is 5.87. The lowest BCUT2D eigenvalue weighted by molar-refractivity contribution is 0.425. The van der Waals surface area contributed by atoms with E-state index in [1.165, 1.54) is 0 Å². The standard InChI is InChI=1S/C17H18ClN3O/c1-21(2)10-9-19-14-7-8-15-16(11-14)22-17(20-15)12-3-5-13(18)6-4-12/h3-8,11,19H,9-10H2,1-2H3. The summed E-state index contributed by atoms with van der Waals surface area (Å²) < 4.78 is 5.86. The molecule has 5 heteroatoms. The zero-order valence-corrected chi connectivity index (χ0v) is 13.4. The van der Waals surface area contributed by atoms with Crippen molar-refractivity contribution in [1.29, 1.82) is 0 Å². The van der Waals surface area contributed by atoms with Crippen molar-refractivity contribution in [2.75, 3.05) is 32.5 Å². The van der Waals surface area contributed by atoms with E-state index in [2.05, 4.69) is 29.3 Å². The predicted octanol–water partition coefficient (Wildman–Crippen LogP) is 4.12. The van der Waals surface area contributed by atoms with Gasteiger partial charge in [0.05, 0.1) is 0 Å². The average molecular weight is 316 g/mol. The van der Waals surface area contributed by atoms with Crippen LogP contribution in [0.2, 0.25) is 5.02 Å². The fraction of sp³-hybridized carbons (Fsp3) is 0.235. The normalized spacial score (nSPS) is 11.3. The van der Waals surface area contributed by atoms with Crippen LogP contribution < -0.4 is 5.32 Å². The number of hydrogen-bond donors (Lipinski definition) is 1. The summed E-state index contributed by atoms with van der Waals surface area (Å²) in [5.41, 5.74) is 3.58. The molecule has 114 valence electrons. The Hall–Kier alpha value is -2.04. The molecule has 3 rings (SSSR count). The second-order valence-electron chi connectivity index (χ2n) is 5.44. The molecular formula is C17H18ClN3O. The summed E-state index contributed by atoms with van der Waals surface area (Å²) in [5.74, 6) is 0.608. The lowest BCUT2D eigenvalue weighted by atomic mass is 10.2. The molecule has 0 radical (unpaired) electrons. The molecule has 4 nitrogen and oxygen atoms in total. The van der Waals surface area contributed by atoms with E-state index < -0.39 is 0 Å². The third kappa shape index (κ3) is 3.40. The summed E-state index contributed by atoms with van der Waals surface area (Å²) in [4.78, 5) is 6.65. The van der Waals surface area contributed by atoms with Crippen LogP contribution in [0.1, 0.15) is 0 Å². The highest BCUT2D eigenvalue weighted by atomic mass is 35.5. The highest BCUT2D eigenvalue weighted by Gasteiger charge is 2.08. The molecule has 0 spiro atoms. The van der Waals surface area contributed by atoms with Gasteiger partial charge < -0.3 is 14.6 Å². The van der Waals surface area contributed by atoms with E-state index in [1.54, 1.807) is 0 Å². The molecule has 0 aliphatic rings. The van der Waals surface area contributed by atoms with Crippen LogP contribution in [0.3, 0.4) is 0 Å². The Morgan fingerprint density at radius 2 is 1.91 bits per heavy atom. The zero-order chi connectivity index (χ0) is 15.5. The first-order valence-electron chi connectivity index (χ1n) is 7.17. The van der Waals surface area contributed by atoms with Crippen LogP contribution in [0.25, 0.3) is 22.6 Å². The predicted molar refractivity (Wildman–Crippen MR) is 91.5 cm³/mol. The van der Waals surface area contributed by atoms with Crippen LogP contribution in [0, 0.1) is 0 Å². The smallest absolute Gasteiger partial charge is 0.227 e. The molecule has 0 fully saturated rings. The maximum absolute atomic E-state index is 5.91. The molecule has 2 aromatic carbocycles. The number of fused-ring (bicyclic) bond motifs is 1. The molecule has 0 aliphatic heterocycles. The van der Waals surface area contributed by atoms with Gasteiger partial charge in [-0.05, 0) is 50.5 Å². The Morgan fingerprint density at radius 1 is 1.14 bits per heavy atom. The first kappa shape index (κ1) is 14.9. The van der Waals surface area contributed by atoms with Crippen LogP contribution >= 0.6 is 11.6 Å². The summed E-state index contributed by atoms with van der Waals surface area (Å²) in [6.45, 7) is 1.86. The summed E-state index contributed by atoms with van der Waals surface area (Å²) in [6, 6.07) is 13.5. The van der Waals surface area contributed by atoms with E-state index in [0.717, 1.165) is 35.4 Å². The van der Waals surface area contributed by atoms with Crippen molar-refractivity contribution in [2.45, 2.75) is 0 Å². The Morgan fingerprint density at radius 3 is 2.64 bits per heavy atom. The lowest BCUT2D eigenvalue weighted by Crippen LogP contribution is -2.20. The van der Waals surface area contributed by atoms with Gasteiger partial charge in [0.2, 0.25) is 5.89 Å². The number of halogens is 1. The first-order chi connectivity index (χ1) is 10.6. The molecule has 3 aromatic rings. The minimum absolute atomic E-state index is 0.608. The monoisotopic (exact) mass is 315 g/mol. The van der Waals surface area contributed by atoms with Gasteiger partial charge >= 0.3 is 0 Å². The second kappa shape index (κ2) is 6.38. The fourth-order valence-corrected chi connectivity index (χ4v) is 2.30. The van der Waals surface area contributed by atoms with Crippen molar-refractivity contribution >= 4 is 28.4 Å². The molecule has 1 heterocycles. The quantitative estimate of drug-likeness (QED) is 0.769. The fourth-order valence-electron chi connectivity index (χ4n) is 2.17. The number of likely N-dealkylation sites (N-methyl/N-ethyl adjacent to an activating group) is 1. The van der Waals surface area contributed by atoms with Crippen molar-refractivity contribution in [3.05, 3.63) is 47.5 Å². The third-order valence-corrected chi connectivity index (χ3v) is 3.62. The summed E-state index contributed by atoms with van der Waals surface area (Å²) >= 11 is 5.91. The molecular weight excluding hydrogens is 298 g/mol. The van der Waals surface area contributed by atoms with E-state index in [9.17, 15) is 0 Å². The highest BCUT2D eigenvalue weighted by Crippen LogP contribution is 2.27. The van der Waals surface area contributed by atoms with Crippen LogP contribution in [-0.2, 0) is 0 Å². The van der Waals surface area contributed by atoms with Gasteiger partial charge in [0, 0.05) is 35.4 Å². The molecule has 0 aliphatic carbocycles. The number of anilines is 1. The number of nitrogens with zero attached hydrogens (tertiary/aromatic N) is 2. The Bertz CT molecular complexity index is 765. The number of nitrogens with one attached hydrogen (secondary N) is 1. The van der Waals surface area contributed by atoms with Crippen molar-refractivity contribution in [1.82, 2.24) is 9.88 Å². The Balaban J connectivity index is 1.82. The van der Waals surface area contributed by atoms with E-state index in [4.69, 9.17) is 16.0 Å². The lowest BCUT2D eigenvalue weighted by Gasteiger charge is -2.10. The number of benzene rings is 2. The third-order valence-electron chi connectivity index (χ3n) is 3.37. The van der Waals surface area contributed by atoms with Crippen LogP contribution in [0.5, 0.6) is 0 Å². The van der Waals surface area contributed by atoms with Crippen LogP contribution in [0.4, 0.5) is 5.69 Å². The van der Waals surface area contributed by atoms with Crippen molar-refractivity contribution in [3.63, 3.8) is 0 Å². The molecule has 0 atom stereocenters. The number of hydrogen-bond acceptors (Lipinski definition) is 4. The van der Waals surface area contributed by atoms with Crippen LogP contribution in [0.15, 0.2) is 46.9 Å². The SMILES string of the molecule is CN(C)CCNc1ccc2nc(-c3ccc(Cl)cc3)oc2c1. The van der Waals surface area contributed by atoms with Gasteiger partial charge in [0.25, 0.3) is 0 Å². The van der Waals surface area contributed by atoms with Gasteiger partial charge in [0.15, 0.2) is 5.58 Å². The molecule has 0 bridgehead atoms. The Labute approximate surface area is 134 Å². The van der Waals surface area contributed by atoms with Crippen molar-refractivity contribution in [2.24, 2.45) is 0 Å². The average Bonchev–Trinajstić information content (AvgIpc) is 2.90. The highest BCUT2D eigenvalue weighted by molar-refractivity contribution is 6.30. The maximum Gasteiger partial charge on any atom is 0.227 e. The van der Waals surface area contributed by atoms with Gasteiger partial charge in [-0.15, -0.1) is 0 Å². The molecule has 0 saturated heterocycles. The van der Waals surface area contributed by atoms with Gasteiger partial charge in [-0.3, -0.25) is 0 Å². The van der Waals surface area contributed by atoms with Gasteiger partial charge in [-0.1, -0.05) is 11.6 Å². The molecule has 0 amide bonds. The summed E-state index contributed by atoms with van der Waals surface area (Å²) in [7, 11) is 4.11. The van der Waals surface area contributed by atoms with Crippen molar-refractivity contribution in [3.8, 4) is 11.5 Å². The molecule has 1 aromatic heterocycles. The molecule has 22 heavy (non-hydrogen) atoms. The van der Waals surface area contributed by atoms with Crippen LogP contribution in [-0.4, -0.2) is 37.1 Å². The number of oxazole rings is 1. The van der Waals surface area contributed by atoms with E-state index in [0.29, 0.717) is 10.9 Å². The zero-order valence-electron chi connectivity index (χ0n) is 12.6. The van der Waals surface area contributed by atoms with Gasteiger partial charge in [0.1, 0.15) is 5.52 Å². The van der Waals surface area contributed by atoms with Gasteiger partial charge in [-0.25, -0.2) is 4.98 Å². The topological polar surface area (TPSA) is 41.3 Å². The molecule has 0 unspecified atom stereocenters. The molecule has 1 N–H and O–H groups in total. The number of rotatable bonds is 5. The maximum atomic E-state index is 5.91. The van der Waals surface area contributed by atoms with E-state index in [1.807, 2.05) is 42.5 Å². The van der Waals surface area contributed by atoms with E-state index >= 15 is 0 Å². The van der Waals surface area contributed by atoms with Gasteiger partial charge in [-0.2, -0.15) is 0 Å². The van der Waals surface area contributed by atoms with Crippen molar-refractivity contribution < 1.29 is 4.42 Å². The molecule has 0 saturated carbocycles.